The molecular formula is C21H31N3O2. The van der Waals surface area contributed by atoms with E-state index in [9.17, 15) is 9.90 Å². The van der Waals surface area contributed by atoms with Gasteiger partial charge in [0.05, 0.1) is 17.3 Å². The first-order chi connectivity index (χ1) is 12.4. The van der Waals surface area contributed by atoms with Gasteiger partial charge in [-0.15, -0.1) is 0 Å². The minimum absolute atomic E-state index is 0.194. The second-order valence-corrected chi connectivity index (χ2v) is 10.3. The highest BCUT2D eigenvalue weighted by molar-refractivity contribution is 5.83. The SMILES string of the molecule is CC[C@@]12C[C@H]3C[C@@](O)(C1)C[C@@](C(=O)NCC1(Cn4ccnc4)CC1)(C3)C2. The normalized spacial score (nSPS) is 42.0. The zero-order valence-corrected chi connectivity index (χ0v) is 15.8. The molecule has 1 heterocycles. The molecular weight excluding hydrogens is 326 g/mol. The Bertz CT molecular complexity index is 713. The van der Waals surface area contributed by atoms with Gasteiger partial charge < -0.3 is 15.0 Å². The monoisotopic (exact) mass is 357 g/mol. The average molecular weight is 357 g/mol. The lowest BCUT2D eigenvalue weighted by atomic mass is 9.42. The summed E-state index contributed by atoms with van der Waals surface area (Å²) >= 11 is 0. The van der Waals surface area contributed by atoms with Gasteiger partial charge in [-0.05, 0) is 62.7 Å². The van der Waals surface area contributed by atoms with Crippen molar-refractivity contribution >= 4 is 5.91 Å². The fraction of sp³-hybridized carbons (Fsp3) is 0.810. The van der Waals surface area contributed by atoms with Crippen LogP contribution in [0.1, 0.15) is 64.7 Å². The molecule has 5 aliphatic carbocycles. The summed E-state index contributed by atoms with van der Waals surface area (Å²) in [4.78, 5) is 17.5. The summed E-state index contributed by atoms with van der Waals surface area (Å²) < 4.78 is 2.12. The summed E-state index contributed by atoms with van der Waals surface area (Å²) in [6.45, 7) is 3.94. The first kappa shape index (κ1) is 16.8. The van der Waals surface area contributed by atoms with E-state index in [-0.39, 0.29) is 22.2 Å². The number of aliphatic hydroxyl groups is 1. The number of carbonyl (C=O) groups excluding carboxylic acids is 1. The maximum atomic E-state index is 13.3. The van der Waals surface area contributed by atoms with Gasteiger partial charge in [-0.25, -0.2) is 4.98 Å². The average Bonchev–Trinajstić information content (AvgIpc) is 3.14. The van der Waals surface area contributed by atoms with E-state index in [4.69, 9.17) is 0 Å². The van der Waals surface area contributed by atoms with Crippen molar-refractivity contribution in [2.24, 2.45) is 22.2 Å². The maximum Gasteiger partial charge on any atom is 0.226 e. The van der Waals surface area contributed by atoms with Crippen molar-refractivity contribution in [3.05, 3.63) is 18.7 Å². The second kappa shape index (κ2) is 5.34. The van der Waals surface area contributed by atoms with Crippen LogP contribution < -0.4 is 5.32 Å². The van der Waals surface area contributed by atoms with Gasteiger partial charge in [0.25, 0.3) is 0 Å². The van der Waals surface area contributed by atoms with Crippen LogP contribution in [0.2, 0.25) is 0 Å². The van der Waals surface area contributed by atoms with Crippen LogP contribution in [0.25, 0.3) is 0 Å². The quantitative estimate of drug-likeness (QED) is 0.823. The fourth-order valence-electron chi connectivity index (χ4n) is 7.02. The number of nitrogens with one attached hydrogen (secondary N) is 1. The van der Waals surface area contributed by atoms with Crippen LogP contribution in [0.3, 0.4) is 0 Å². The van der Waals surface area contributed by atoms with Crippen LogP contribution in [0, 0.1) is 22.2 Å². The van der Waals surface area contributed by atoms with Gasteiger partial charge in [-0.1, -0.05) is 13.3 Å². The molecule has 0 aromatic carbocycles. The topological polar surface area (TPSA) is 67.2 Å². The van der Waals surface area contributed by atoms with Crippen LogP contribution in [0.5, 0.6) is 0 Å². The Morgan fingerprint density at radius 3 is 2.77 bits per heavy atom. The predicted molar refractivity (Wildman–Crippen MR) is 98.2 cm³/mol. The molecule has 5 nitrogen and oxygen atoms in total. The molecule has 5 saturated carbocycles. The number of imidazole rings is 1. The highest BCUT2D eigenvalue weighted by Crippen LogP contribution is 2.67. The van der Waals surface area contributed by atoms with Gasteiger partial charge in [-0.2, -0.15) is 0 Å². The number of hydrogen-bond donors (Lipinski definition) is 2. The maximum absolute atomic E-state index is 13.3. The molecule has 2 N–H and O–H groups in total. The van der Waals surface area contributed by atoms with E-state index < -0.39 is 5.60 Å². The molecule has 1 amide bonds. The van der Waals surface area contributed by atoms with Gasteiger partial charge in [0, 0.05) is 30.9 Å². The van der Waals surface area contributed by atoms with E-state index in [1.54, 1.807) is 0 Å². The number of nitrogens with zero attached hydrogens (tertiary/aromatic N) is 2. The Hall–Kier alpha value is -1.36. The lowest BCUT2D eigenvalue weighted by Gasteiger charge is -2.64. The van der Waals surface area contributed by atoms with Gasteiger partial charge in [0.2, 0.25) is 5.91 Å². The number of hydrogen-bond acceptors (Lipinski definition) is 3. The number of amides is 1. The Balaban J connectivity index is 1.30. The van der Waals surface area contributed by atoms with Gasteiger partial charge in [0.1, 0.15) is 0 Å². The molecule has 0 radical (unpaired) electrons. The molecule has 0 aliphatic heterocycles. The lowest BCUT2D eigenvalue weighted by molar-refractivity contribution is -0.204. The summed E-state index contributed by atoms with van der Waals surface area (Å²) in [6, 6.07) is 0. The molecule has 26 heavy (non-hydrogen) atoms. The molecule has 5 aliphatic rings. The first-order valence-corrected chi connectivity index (χ1v) is 10.3. The number of carbonyl (C=O) groups is 1. The van der Waals surface area contributed by atoms with E-state index in [2.05, 4.69) is 21.8 Å². The van der Waals surface area contributed by atoms with Crippen LogP contribution in [-0.4, -0.2) is 32.7 Å². The molecule has 4 bridgehead atoms. The Morgan fingerprint density at radius 1 is 1.27 bits per heavy atom. The summed E-state index contributed by atoms with van der Waals surface area (Å²) in [5, 5.41) is 14.5. The number of rotatable bonds is 6. The second-order valence-electron chi connectivity index (χ2n) is 10.3. The van der Waals surface area contributed by atoms with Crippen molar-refractivity contribution in [1.29, 1.82) is 0 Å². The van der Waals surface area contributed by atoms with Gasteiger partial charge >= 0.3 is 0 Å². The molecule has 5 heteroatoms. The zero-order valence-electron chi connectivity index (χ0n) is 15.8. The van der Waals surface area contributed by atoms with Crippen LogP contribution >= 0.6 is 0 Å². The first-order valence-electron chi connectivity index (χ1n) is 10.3. The highest BCUT2D eigenvalue weighted by Gasteiger charge is 2.64. The Labute approximate surface area is 155 Å². The van der Waals surface area contributed by atoms with Crippen LogP contribution in [0.4, 0.5) is 0 Å². The smallest absolute Gasteiger partial charge is 0.226 e. The van der Waals surface area contributed by atoms with E-state index >= 15 is 0 Å². The molecule has 0 saturated heterocycles. The molecule has 6 rings (SSSR count). The molecule has 4 atom stereocenters. The largest absolute Gasteiger partial charge is 0.390 e. The summed E-state index contributed by atoms with van der Waals surface area (Å²) in [5.74, 6) is 0.748. The zero-order chi connectivity index (χ0) is 18.0. The lowest BCUT2D eigenvalue weighted by Crippen LogP contribution is -2.64. The summed E-state index contributed by atoms with van der Waals surface area (Å²) in [6.07, 6.45) is 14.8. The highest BCUT2D eigenvalue weighted by atomic mass is 16.3. The Morgan fingerprint density at radius 2 is 2.12 bits per heavy atom. The summed E-state index contributed by atoms with van der Waals surface area (Å²) in [5.41, 5.74) is -0.520. The van der Waals surface area contributed by atoms with Crippen molar-refractivity contribution in [3.8, 4) is 0 Å². The minimum atomic E-state index is -0.596. The van der Waals surface area contributed by atoms with E-state index in [1.165, 1.54) is 19.3 Å². The van der Waals surface area contributed by atoms with Crippen LogP contribution in [-0.2, 0) is 11.3 Å². The van der Waals surface area contributed by atoms with Crippen molar-refractivity contribution in [1.82, 2.24) is 14.9 Å². The van der Waals surface area contributed by atoms with Gasteiger partial charge in [-0.3, -0.25) is 4.79 Å². The number of aromatic nitrogens is 2. The predicted octanol–water partition coefficient (Wildman–Crippen LogP) is 2.89. The molecule has 0 spiro atoms. The van der Waals surface area contributed by atoms with Gasteiger partial charge in [0.15, 0.2) is 0 Å². The minimum Gasteiger partial charge on any atom is -0.390 e. The standard InChI is InChI=1S/C21H31N3O2/c1-2-18-7-16-8-20(10-18,12-21(26,9-16)11-18)17(25)23-13-19(3-4-19)14-24-6-5-22-15-24/h5-6,15-16,26H,2-4,7-14H2,1H3,(H,23,25)/t16-,18+,20-,21-/m1/s1. The van der Waals surface area contributed by atoms with E-state index in [1.807, 2.05) is 18.7 Å². The third kappa shape index (κ3) is 2.62. The van der Waals surface area contributed by atoms with Crippen molar-refractivity contribution < 1.29 is 9.90 Å². The molecule has 1 aromatic rings. The van der Waals surface area contributed by atoms with Crippen LogP contribution in [0.15, 0.2) is 18.7 Å². The van der Waals surface area contributed by atoms with Crippen molar-refractivity contribution in [2.45, 2.75) is 76.9 Å². The molecule has 1 aromatic heterocycles. The molecule has 142 valence electrons. The van der Waals surface area contributed by atoms with Crippen molar-refractivity contribution in [3.63, 3.8) is 0 Å². The molecule has 0 unspecified atom stereocenters. The molecule has 5 fully saturated rings. The van der Waals surface area contributed by atoms with E-state index in [0.717, 1.165) is 45.2 Å². The Kier molecular flexibility index (Phi) is 3.45. The van der Waals surface area contributed by atoms with Crippen molar-refractivity contribution in [2.75, 3.05) is 6.54 Å². The van der Waals surface area contributed by atoms with E-state index in [0.29, 0.717) is 12.3 Å². The third-order valence-corrected chi connectivity index (χ3v) is 8.04. The fourth-order valence-corrected chi connectivity index (χ4v) is 7.02. The summed E-state index contributed by atoms with van der Waals surface area (Å²) in [7, 11) is 0. The third-order valence-electron chi connectivity index (χ3n) is 8.04.